The molecule has 9 nitrogen and oxygen atoms in total. The Hall–Kier alpha value is -3.14. The summed E-state index contributed by atoms with van der Waals surface area (Å²) in [5, 5.41) is 29.4. The largest absolute Gasteiger partial charge is 0.481 e. The molecule has 0 unspecified atom stereocenters. The third kappa shape index (κ3) is 4.97. The molecular weight excluding hydrogens is 324 g/mol. The molecule has 0 atom stereocenters. The molecule has 1 aromatic carbocycles. The van der Waals surface area contributed by atoms with E-state index in [1.165, 1.54) is 36.4 Å². The number of nitrogens with one attached hydrogen (secondary N) is 1. The summed E-state index contributed by atoms with van der Waals surface area (Å²) in [7, 11) is 0. The first kappa shape index (κ1) is 16.2. The first-order chi connectivity index (χ1) is 10.9. The Balaban J connectivity index is 1.94. The van der Waals surface area contributed by atoms with Crippen molar-refractivity contribution in [1.82, 2.24) is 10.2 Å². The minimum atomic E-state index is -1.03. The van der Waals surface area contributed by atoms with Crippen LogP contribution in [0, 0.1) is 10.1 Å². The highest BCUT2D eigenvalue weighted by molar-refractivity contribution is 7.15. The molecule has 0 saturated heterocycles. The maximum absolute atomic E-state index is 11.7. The number of nitro groups is 1. The van der Waals surface area contributed by atoms with Crippen LogP contribution in [-0.2, 0) is 16.0 Å². The molecule has 0 saturated carbocycles. The SMILES string of the molecule is O=C(O)Cc1nnc(NC(=O)/C=C/c2ccc([N+](=O)[O-])cc2)s1. The second-order valence-corrected chi connectivity index (χ2v) is 5.30. The number of nitro benzene ring substituents is 1. The van der Waals surface area contributed by atoms with Gasteiger partial charge < -0.3 is 5.11 Å². The van der Waals surface area contributed by atoms with Crippen LogP contribution in [0.4, 0.5) is 10.8 Å². The normalized spacial score (nSPS) is 10.6. The van der Waals surface area contributed by atoms with Gasteiger partial charge in [0.25, 0.3) is 5.69 Å². The van der Waals surface area contributed by atoms with Gasteiger partial charge in [-0.3, -0.25) is 25.0 Å². The van der Waals surface area contributed by atoms with Crippen molar-refractivity contribution in [2.75, 3.05) is 5.32 Å². The quantitative estimate of drug-likeness (QED) is 0.466. The second-order valence-electron chi connectivity index (χ2n) is 4.24. The van der Waals surface area contributed by atoms with E-state index >= 15 is 0 Å². The molecule has 10 heteroatoms. The van der Waals surface area contributed by atoms with Crippen LogP contribution in [-0.4, -0.2) is 32.1 Å². The van der Waals surface area contributed by atoms with E-state index in [-0.39, 0.29) is 22.2 Å². The highest BCUT2D eigenvalue weighted by Gasteiger charge is 2.09. The number of nitrogens with zero attached hydrogens (tertiary/aromatic N) is 3. The molecule has 1 amide bonds. The smallest absolute Gasteiger partial charge is 0.310 e. The number of rotatable bonds is 6. The molecule has 0 aliphatic rings. The number of hydrogen-bond donors (Lipinski definition) is 2. The maximum Gasteiger partial charge on any atom is 0.310 e. The van der Waals surface area contributed by atoms with Gasteiger partial charge in [-0.05, 0) is 23.8 Å². The summed E-state index contributed by atoms with van der Waals surface area (Å²) in [6.07, 6.45) is 2.46. The van der Waals surface area contributed by atoms with Gasteiger partial charge in [-0.2, -0.15) is 0 Å². The zero-order valence-electron chi connectivity index (χ0n) is 11.5. The summed E-state index contributed by atoms with van der Waals surface area (Å²) in [6.45, 7) is 0. The number of hydrogen-bond acceptors (Lipinski definition) is 7. The lowest BCUT2D eigenvalue weighted by Crippen LogP contribution is -2.07. The molecule has 2 rings (SSSR count). The maximum atomic E-state index is 11.7. The van der Waals surface area contributed by atoms with Crippen LogP contribution < -0.4 is 5.32 Å². The Morgan fingerprint density at radius 2 is 2.00 bits per heavy atom. The van der Waals surface area contributed by atoms with Gasteiger partial charge in [-0.1, -0.05) is 11.3 Å². The van der Waals surface area contributed by atoms with Gasteiger partial charge >= 0.3 is 5.97 Å². The van der Waals surface area contributed by atoms with E-state index in [2.05, 4.69) is 15.5 Å². The summed E-state index contributed by atoms with van der Waals surface area (Å²) in [4.78, 5) is 32.2. The van der Waals surface area contributed by atoms with Crippen molar-refractivity contribution < 1.29 is 19.6 Å². The van der Waals surface area contributed by atoms with Crippen LogP contribution in [0.5, 0.6) is 0 Å². The van der Waals surface area contributed by atoms with Gasteiger partial charge in [0.2, 0.25) is 11.0 Å². The van der Waals surface area contributed by atoms with Crippen molar-refractivity contribution in [2.24, 2.45) is 0 Å². The van der Waals surface area contributed by atoms with Crippen molar-refractivity contribution in [3.8, 4) is 0 Å². The summed E-state index contributed by atoms with van der Waals surface area (Å²) in [6, 6.07) is 5.69. The molecule has 0 aliphatic heterocycles. The number of carbonyl (C=O) groups excluding carboxylic acids is 1. The molecule has 2 aromatic rings. The van der Waals surface area contributed by atoms with Crippen LogP contribution in [0.2, 0.25) is 0 Å². The van der Waals surface area contributed by atoms with Crippen molar-refractivity contribution in [3.05, 3.63) is 51.0 Å². The standard InChI is InChI=1S/C13H10N4O5S/c18-10(14-13-16-15-11(23-13)7-12(19)20)6-3-8-1-4-9(5-2-8)17(21)22/h1-6H,7H2,(H,19,20)(H,14,16,18)/b6-3+. The predicted molar refractivity (Wildman–Crippen MR) is 82.0 cm³/mol. The van der Waals surface area contributed by atoms with E-state index in [9.17, 15) is 19.7 Å². The summed E-state index contributed by atoms with van der Waals surface area (Å²) in [5.74, 6) is -1.50. The van der Waals surface area contributed by atoms with Gasteiger partial charge in [0.15, 0.2) is 0 Å². The molecule has 1 aromatic heterocycles. The van der Waals surface area contributed by atoms with Gasteiger partial charge in [0.05, 0.1) is 11.3 Å². The van der Waals surface area contributed by atoms with Crippen molar-refractivity contribution in [3.63, 3.8) is 0 Å². The number of carbonyl (C=O) groups is 2. The van der Waals surface area contributed by atoms with E-state index < -0.39 is 16.8 Å². The minimum Gasteiger partial charge on any atom is -0.481 e. The highest BCUT2D eigenvalue weighted by atomic mass is 32.1. The lowest BCUT2D eigenvalue weighted by molar-refractivity contribution is -0.384. The van der Waals surface area contributed by atoms with E-state index in [1.54, 1.807) is 0 Å². The fraction of sp³-hybridized carbons (Fsp3) is 0.0769. The van der Waals surface area contributed by atoms with Crippen LogP contribution in [0.1, 0.15) is 10.6 Å². The topological polar surface area (TPSA) is 135 Å². The monoisotopic (exact) mass is 334 g/mol. The Morgan fingerprint density at radius 1 is 1.30 bits per heavy atom. The molecule has 118 valence electrons. The van der Waals surface area contributed by atoms with Gasteiger partial charge in [0, 0.05) is 18.2 Å². The Labute approximate surface area is 133 Å². The molecule has 1 heterocycles. The fourth-order valence-corrected chi connectivity index (χ4v) is 2.26. The lowest BCUT2D eigenvalue weighted by Gasteiger charge is -1.95. The van der Waals surface area contributed by atoms with Crippen molar-refractivity contribution in [2.45, 2.75) is 6.42 Å². The van der Waals surface area contributed by atoms with E-state index in [4.69, 9.17) is 5.11 Å². The predicted octanol–water partition coefficient (Wildman–Crippen LogP) is 1.73. The van der Waals surface area contributed by atoms with Crippen molar-refractivity contribution >= 4 is 40.1 Å². The van der Waals surface area contributed by atoms with Crippen LogP contribution in [0.3, 0.4) is 0 Å². The summed E-state index contributed by atoms with van der Waals surface area (Å²) >= 11 is 0.973. The minimum absolute atomic E-state index is 0.0357. The third-order valence-corrected chi connectivity index (χ3v) is 3.37. The molecular formula is C13H10N4O5S. The Bertz CT molecular complexity index is 769. The number of non-ortho nitro benzene ring substituents is 1. The second kappa shape index (κ2) is 7.22. The average molecular weight is 334 g/mol. The number of amides is 1. The Morgan fingerprint density at radius 3 is 2.61 bits per heavy atom. The number of carboxylic acid groups (broad SMARTS) is 1. The van der Waals surface area contributed by atoms with Crippen LogP contribution in [0.25, 0.3) is 6.08 Å². The van der Waals surface area contributed by atoms with E-state index in [0.717, 1.165) is 11.3 Å². The number of anilines is 1. The molecule has 0 fully saturated rings. The molecule has 0 spiro atoms. The molecule has 0 bridgehead atoms. The Kier molecular flexibility index (Phi) is 5.10. The fourth-order valence-electron chi connectivity index (χ4n) is 1.53. The zero-order chi connectivity index (χ0) is 16.8. The highest BCUT2D eigenvalue weighted by Crippen LogP contribution is 2.16. The number of aliphatic carboxylic acids is 1. The first-order valence-corrected chi connectivity index (χ1v) is 7.03. The van der Waals surface area contributed by atoms with Crippen molar-refractivity contribution in [1.29, 1.82) is 0 Å². The zero-order valence-corrected chi connectivity index (χ0v) is 12.3. The lowest BCUT2D eigenvalue weighted by atomic mass is 10.2. The van der Waals surface area contributed by atoms with Crippen LogP contribution in [0.15, 0.2) is 30.3 Å². The van der Waals surface area contributed by atoms with Gasteiger partial charge in [-0.15, -0.1) is 10.2 Å². The summed E-state index contributed by atoms with van der Waals surface area (Å²) < 4.78 is 0. The number of aromatic nitrogens is 2. The van der Waals surface area contributed by atoms with Crippen LogP contribution >= 0.6 is 11.3 Å². The summed E-state index contributed by atoms with van der Waals surface area (Å²) in [5.41, 5.74) is 0.584. The van der Waals surface area contributed by atoms with E-state index in [1.807, 2.05) is 0 Å². The molecule has 0 aliphatic carbocycles. The molecule has 0 radical (unpaired) electrons. The van der Waals surface area contributed by atoms with Gasteiger partial charge in [-0.25, -0.2) is 0 Å². The third-order valence-electron chi connectivity index (χ3n) is 2.53. The van der Waals surface area contributed by atoms with Gasteiger partial charge in [0.1, 0.15) is 5.01 Å². The molecule has 23 heavy (non-hydrogen) atoms. The first-order valence-electron chi connectivity index (χ1n) is 6.22. The molecule has 2 N–H and O–H groups in total. The van der Waals surface area contributed by atoms with E-state index in [0.29, 0.717) is 5.56 Å². The average Bonchev–Trinajstić information content (AvgIpc) is 2.91. The number of carboxylic acids is 1. The number of benzene rings is 1.